The molecule has 0 bridgehead atoms. The Morgan fingerprint density at radius 2 is 2.05 bits per heavy atom. The molecule has 0 atom stereocenters. The predicted molar refractivity (Wildman–Crippen MR) is 78.7 cm³/mol. The van der Waals surface area contributed by atoms with Crippen molar-refractivity contribution in [1.82, 2.24) is 0 Å². The topological polar surface area (TPSA) is 72.6 Å². The molecule has 0 radical (unpaired) electrons. The summed E-state index contributed by atoms with van der Waals surface area (Å²) in [6, 6.07) is 6.60. The quantitative estimate of drug-likeness (QED) is 0.487. The Morgan fingerprint density at radius 3 is 2.70 bits per heavy atom. The third kappa shape index (κ3) is 2.82. The number of nitro groups is 1. The highest BCUT2D eigenvalue weighted by molar-refractivity contribution is 14.1. The van der Waals surface area contributed by atoms with Crippen molar-refractivity contribution in [2.45, 2.75) is 6.92 Å². The molecule has 0 amide bonds. The van der Waals surface area contributed by atoms with E-state index in [0.717, 1.165) is 12.1 Å². The maximum atomic E-state index is 13.5. The van der Waals surface area contributed by atoms with Crippen LogP contribution in [0.5, 0.6) is 17.2 Å². The molecule has 0 fully saturated rings. The molecule has 0 spiro atoms. The van der Waals surface area contributed by atoms with E-state index in [-0.39, 0.29) is 26.5 Å². The van der Waals surface area contributed by atoms with Crippen LogP contribution < -0.4 is 4.74 Å². The van der Waals surface area contributed by atoms with Crippen molar-refractivity contribution in [2.24, 2.45) is 0 Å². The molecule has 104 valence electrons. The maximum absolute atomic E-state index is 13.5. The molecule has 0 aromatic heterocycles. The van der Waals surface area contributed by atoms with Crippen LogP contribution in [0.25, 0.3) is 0 Å². The van der Waals surface area contributed by atoms with Crippen molar-refractivity contribution in [3.8, 4) is 17.2 Å². The molecule has 0 aliphatic heterocycles. The SMILES string of the molecule is Cc1c(O)cccc1Oc1cc(F)c(I)cc1[N+](=O)[O-]. The van der Waals surface area contributed by atoms with Gasteiger partial charge in [-0.05, 0) is 41.6 Å². The molecule has 0 saturated carbocycles. The first-order chi connectivity index (χ1) is 9.40. The van der Waals surface area contributed by atoms with Gasteiger partial charge in [0, 0.05) is 17.7 Å². The first kappa shape index (κ1) is 14.5. The predicted octanol–water partition coefficient (Wildman–Crippen LogP) is 4.14. The van der Waals surface area contributed by atoms with E-state index in [1.54, 1.807) is 29.5 Å². The molecule has 0 aliphatic carbocycles. The van der Waals surface area contributed by atoms with Gasteiger partial charge < -0.3 is 9.84 Å². The second-order valence-electron chi connectivity index (χ2n) is 3.99. The summed E-state index contributed by atoms with van der Waals surface area (Å²) < 4.78 is 19.1. The van der Waals surface area contributed by atoms with Gasteiger partial charge in [-0.2, -0.15) is 0 Å². The summed E-state index contributed by atoms with van der Waals surface area (Å²) in [5.74, 6) is -0.588. The van der Waals surface area contributed by atoms with Gasteiger partial charge >= 0.3 is 5.69 Å². The van der Waals surface area contributed by atoms with Crippen molar-refractivity contribution in [1.29, 1.82) is 0 Å². The summed E-state index contributed by atoms with van der Waals surface area (Å²) in [6.45, 7) is 1.60. The van der Waals surface area contributed by atoms with Gasteiger partial charge in [-0.1, -0.05) is 6.07 Å². The van der Waals surface area contributed by atoms with E-state index in [2.05, 4.69) is 0 Å². The fraction of sp³-hybridized carbons (Fsp3) is 0.0769. The lowest BCUT2D eigenvalue weighted by Gasteiger charge is -2.10. The van der Waals surface area contributed by atoms with Crippen LogP contribution in [-0.4, -0.2) is 10.0 Å². The van der Waals surface area contributed by atoms with Crippen molar-refractivity contribution >= 4 is 28.3 Å². The number of phenolic OH excluding ortho intramolecular Hbond substituents is 1. The van der Waals surface area contributed by atoms with Crippen molar-refractivity contribution in [2.75, 3.05) is 0 Å². The van der Waals surface area contributed by atoms with E-state index >= 15 is 0 Å². The molecule has 2 aromatic rings. The zero-order valence-electron chi connectivity index (χ0n) is 10.3. The summed E-state index contributed by atoms with van der Waals surface area (Å²) in [5.41, 5.74) is 0.0827. The van der Waals surface area contributed by atoms with Gasteiger partial charge in [0.05, 0.1) is 8.49 Å². The smallest absolute Gasteiger partial charge is 0.312 e. The highest BCUT2D eigenvalue weighted by Crippen LogP contribution is 2.36. The van der Waals surface area contributed by atoms with E-state index in [4.69, 9.17) is 4.74 Å². The Hall–Kier alpha value is -1.90. The summed E-state index contributed by atoms with van der Waals surface area (Å²) in [7, 11) is 0. The van der Waals surface area contributed by atoms with Crippen molar-refractivity contribution in [3.63, 3.8) is 0 Å². The molecule has 0 unspecified atom stereocenters. The molecule has 2 aromatic carbocycles. The molecule has 0 heterocycles. The second-order valence-corrected chi connectivity index (χ2v) is 5.16. The van der Waals surface area contributed by atoms with Crippen LogP contribution in [0, 0.1) is 26.4 Å². The van der Waals surface area contributed by atoms with Crippen LogP contribution in [0.2, 0.25) is 0 Å². The Kier molecular flexibility index (Phi) is 4.07. The van der Waals surface area contributed by atoms with Gasteiger partial charge in [0.15, 0.2) is 0 Å². The van der Waals surface area contributed by atoms with Crippen LogP contribution in [-0.2, 0) is 0 Å². The van der Waals surface area contributed by atoms with E-state index in [0.29, 0.717) is 5.56 Å². The lowest BCUT2D eigenvalue weighted by molar-refractivity contribution is -0.385. The molecule has 20 heavy (non-hydrogen) atoms. The number of aromatic hydroxyl groups is 1. The minimum Gasteiger partial charge on any atom is -0.508 e. The number of rotatable bonds is 3. The molecule has 2 rings (SSSR count). The average molecular weight is 389 g/mol. The first-order valence-corrected chi connectivity index (χ1v) is 6.58. The summed E-state index contributed by atoms with van der Waals surface area (Å²) in [5, 5.41) is 20.5. The number of phenols is 1. The number of nitrogens with zero attached hydrogens (tertiary/aromatic N) is 1. The monoisotopic (exact) mass is 389 g/mol. The molecule has 0 aliphatic rings. The minimum absolute atomic E-state index is 0.00358. The van der Waals surface area contributed by atoms with Gasteiger partial charge in [-0.3, -0.25) is 10.1 Å². The van der Waals surface area contributed by atoms with Crippen molar-refractivity contribution < 1.29 is 19.2 Å². The van der Waals surface area contributed by atoms with E-state index in [1.807, 2.05) is 0 Å². The fourth-order valence-electron chi connectivity index (χ4n) is 1.57. The van der Waals surface area contributed by atoms with Gasteiger partial charge in [0.25, 0.3) is 0 Å². The van der Waals surface area contributed by atoms with Gasteiger partial charge in [0.1, 0.15) is 17.3 Å². The minimum atomic E-state index is -0.644. The van der Waals surface area contributed by atoms with E-state index in [1.165, 1.54) is 18.2 Å². The Morgan fingerprint density at radius 1 is 1.35 bits per heavy atom. The van der Waals surface area contributed by atoms with Crippen molar-refractivity contribution in [3.05, 3.63) is 55.4 Å². The third-order valence-corrected chi connectivity index (χ3v) is 3.50. The van der Waals surface area contributed by atoms with Crippen LogP contribution in [0.1, 0.15) is 5.56 Å². The second kappa shape index (κ2) is 5.61. The maximum Gasteiger partial charge on any atom is 0.312 e. The number of ether oxygens (including phenoxy) is 1. The third-order valence-electron chi connectivity index (χ3n) is 2.67. The van der Waals surface area contributed by atoms with Gasteiger partial charge in [0.2, 0.25) is 5.75 Å². The standard InChI is InChI=1S/C13H9FINO4/c1-7-11(17)3-2-4-12(7)20-13-5-8(14)9(15)6-10(13)16(18)19/h2-6,17H,1H3. The summed E-state index contributed by atoms with van der Waals surface area (Å²) in [6.07, 6.45) is 0. The average Bonchev–Trinajstić information content (AvgIpc) is 2.38. The first-order valence-electron chi connectivity index (χ1n) is 5.50. The Labute approximate surface area is 127 Å². The number of hydrogen-bond acceptors (Lipinski definition) is 4. The number of hydrogen-bond donors (Lipinski definition) is 1. The fourth-order valence-corrected chi connectivity index (χ4v) is 2.03. The van der Waals surface area contributed by atoms with Crippen LogP contribution in [0.3, 0.4) is 0 Å². The van der Waals surface area contributed by atoms with Crippen LogP contribution in [0.4, 0.5) is 10.1 Å². The van der Waals surface area contributed by atoms with E-state index < -0.39 is 10.7 Å². The summed E-state index contributed by atoms with van der Waals surface area (Å²) in [4.78, 5) is 10.3. The summed E-state index contributed by atoms with van der Waals surface area (Å²) >= 11 is 1.67. The van der Waals surface area contributed by atoms with Gasteiger partial charge in [-0.25, -0.2) is 4.39 Å². The number of halogens is 2. The Balaban J connectivity index is 2.50. The number of nitro benzene ring substituents is 1. The molecular formula is C13H9FINO4. The highest BCUT2D eigenvalue weighted by atomic mass is 127. The largest absolute Gasteiger partial charge is 0.508 e. The van der Waals surface area contributed by atoms with Gasteiger partial charge in [-0.15, -0.1) is 0 Å². The van der Waals surface area contributed by atoms with E-state index in [9.17, 15) is 19.6 Å². The molecule has 1 N–H and O–H groups in total. The molecule has 0 saturated heterocycles. The normalized spacial score (nSPS) is 10.3. The zero-order valence-corrected chi connectivity index (χ0v) is 12.4. The highest BCUT2D eigenvalue weighted by Gasteiger charge is 2.20. The lowest BCUT2D eigenvalue weighted by atomic mass is 10.2. The molecule has 7 heteroatoms. The Bertz CT molecular complexity index is 690. The zero-order chi connectivity index (χ0) is 14.9. The molecule has 5 nitrogen and oxygen atoms in total. The lowest BCUT2D eigenvalue weighted by Crippen LogP contribution is -1.97. The van der Waals surface area contributed by atoms with Crippen LogP contribution in [0.15, 0.2) is 30.3 Å². The molecular weight excluding hydrogens is 380 g/mol. The van der Waals surface area contributed by atoms with Crippen LogP contribution >= 0.6 is 22.6 Å². The number of benzene rings is 2.